The molecule has 0 radical (unpaired) electrons. The third kappa shape index (κ3) is 3.33. The highest BCUT2D eigenvalue weighted by molar-refractivity contribution is 5.95. The van der Waals surface area contributed by atoms with E-state index in [0.717, 1.165) is 0 Å². The van der Waals surface area contributed by atoms with Gasteiger partial charge in [0.2, 0.25) is 0 Å². The summed E-state index contributed by atoms with van der Waals surface area (Å²) in [6.07, 6.45) is 0. The van der Waals surface area contributed by atoms with E-state index >= 15 is 0 Å². The Kier molecular flexibility index (Phi) is 3.98. The molecule has 0 fully saturated rings. The average Bonchev–Trinajstić information content (AvgIpc) is 2.54. The maximum absolute atomic E-state index is 11.9. The Balaban J connectivity index is 2.65. The molecule has 1 rings (SSSR count). The van der Waals surface area contributed by atoms with Gasteiger partial charge in [-0.3, -0.25) is 4.79 Å². The molecule has 0 aliphatic carbocycles. The smallest absolute Gasteiger partial charge is 0.254 e. The average molecular weight is 239 g/mol. The molecule has 0 bridgehead atoms. The fourth-order valence-electron chi connectivity index (χ4n) is 1.41. The van der Waals surface area contributed by atoms with Gasteiger partial charge in [0.1, 0.15) is 11.5 Å². The Labute approximate surface area is 102 Å². The normalized spacial score (nSPS) is 14.8. The van der Waals surface area contributed by atoms with Gasteiger partial charge in [0.25, 0.3) is 5.91 Å². The molecular formula is C13H21NO3. The van der Waals surface area contributed by atoms with Gasteiger partial charge in [-0.25, -0.2) is 0 Å². The van der Waals surface area contributed by atoms with Gasteiger partial charge in [0, 0.05) is 6.54 Å². The molecule has 4 heteroatoms. The summed E-state index contributed by atoms with van der Waals surface area (Å²) in [5, 5.41) is 12.7. The van der Waals surface area contributed by atoms with Crippen molar-refractivity contribution in [2.75, 3.05) is 6.54 Å². The number of furan rings is 1. The third-order valence-corrected chi connectivity index (χ3v) is 3.14. The summed E-state index contributed by atoms with van der Waals surface area (Å²) in [5.41, 5.74) is -0.371. The topological polar surface area (TPSA) is 62.5 Å². The molecule has 96 valence electrons. The molecule has 0 saturated carbocycles. The molecule has 1 heterocycles. The van der Waals surface area contributed by atoms with Gasteiger partial charge < -0.3 is 14.8 Å². The zero-order chi connectivity index (χ0) is 13.2. The lowest BCUT2D eigenvalue weighted by Crippen LogP contribution is -2.44. The van der Waals surface area contributed by atoms with Crippen molar-refractivity contribution in [1.29, 1.82) is 0 Å². The highest BCUT2D eigenvalue weighted by atomic mass is 16.3. The lowest BCUT2D eigenvalue weighted by Gasteiger charge is -2.27. The monoisotopic (exact) mass is 239 g/mol. The standard InChI is InChI=1S/C13H21NO3/c1-8(2)13(5,16)7-14-12(15)11-6-9(3)17-10(11)4/h6,8,16H,7H2,1-5H3,(H,14,15). The summed E-state index contributed by atoms with van der Waals surface area (Å²) >= 11 is 0. The summed E-state index contributed by atoms with van der Waals surface area (Å²) in [7, 11) is 0. The first kappa shape index (κ1) is 13.8. The van der Waals surface area contributed by atoms with Crippen LogP contribution < -0.4 is 5.32 Å². The number of aryl methyl sites for hydroxylation is 2. The third-order valence-electron chi connectivity index (χ3n) is 3.14. The van der Waals surface area contributed by atoms with Crippen LogP contribution in [0.3, 0.4) is 0 Å². The molecule has 0 aliphatic rings. The number of rotatable bonds is 4. The summed E-state index contributed by atoms with van der Waals surface area (Å²) in [6, 6.07) is 1.70. The molecule has 1 amide bonds. The van der Waals surface area contributed by atoms with Crippen LogP contribution in [0, 0.1) is 19.8 Å². The van der Waals surface area contributed by atoms with E-state index in [1.165, 1.54) is 0 Å². The molecule has 0 aromatic carbocycles. The Morgan fingerprint density at radius 2 is 2.12 bits per heavy atom. The van der Waals surface area contributed by atoms with Crippen molar-refractivity contribution in [1.82, 2.24) is 5.32 Å². The number of amides is 1. The molecule has 0 aliphatic heterocycles. The van der Waals surface area contributed by atoms with Gasteiger partial charge >= 0.3 is 0 Å². The second-order valence-electron chi connectivity index (χ2n) is 5.02. The molecule has 17 heavy (non-hydrogen) atoms. The van der Waals surface area contributed by atoms with Crippen LogP contribution in [0.25, 0.3) is 0 Å². The Morgan fingerprint density at radius 1 is 1.53 bits per heavy atom. The largest absolute Gasteiger partial charge is 0.466 e. The first-order valence-electron chi connectivity index (χ1n) is 5.81. The minimum absolute atomic E-state index is 0.0787. The molecule has 0 saturated heterocycles. The van der Waals surface area contributed by atoms with Crippen molar-refractivity contribution in [3.05, 3.63) is 23.2 Å². The van der Waals surface area contributed by atoms with Crippen LogP contribution in [-0.4, -0.2) is 23.2 Å². The zero-order valence-electron chi connectivity index (χ0n) is 11.1. The van der Waals surface area contributed by atoms with Gasteiger partial charge in [0.15, 0.2) is 0 Å². The lowest BCUT2D eigenvalue weighted by atomic mass is 9.92. The number of carbonyl (C=O) groups excluding carboxylic acids is 1. The van der Waals surface area contributed by atoms with Gasteiger partial charge in [0.05, 0.1) is 11.2 Å². The van der Waals surface area contributed by atoms with E-state index in [-0.39, 0.29) is 18.4 Å². The van der Waals surface area contributed by atoms with Gasteiger partial charge in [-0.05, 0) is 32.8 Å². The number of hydrogen-bond donors (Lipinski definition) is 2. The van der Waals surface area contributed by atoms with Crippen molar-refractivity contribution in [3.8, 4) is 0 Å². The highest BCUT2D eigenvalue weighted by Crippen LogP contribution is 2.16. The van der Waals surface area contributed by atoms with Crippen LogP contribution in [0.2, 0.25) is 0 Å². The predicted octanol–water partition coefficient (Wildman–Crippen LogP) is 2.03. The summed E-state index contributed by atoms with van der Waals surface area (Å²) in [4.78, 5) is 11.9. The SMILES string of the molecule is Cc1cc(C(=O)NCC(C)(O)C(C)C)c(C)o1. The van der Waals surface area contributed by atoms with Crippen molar-refractivity contribution in [2.45, 2.75) is 40.2 Å². The molecule has 1 aromatic heterocycles. The summed E-state index contributed by atoms with van der Waals surface area (Å²) < 4.78 is 5.29. The minimum atomic E-state index is -0.900. The predicted molar refractivity (Wildman–Crippen MR) is 66.0 cm³/mol. The first-order chi connectivity index (χ1) is 7.74. The second kappa shape index (κ2) is 4.92. The summed E-state index contributed by atoms with van der Waals surface area (Å²) in [5.74, 6) is 1.18. The van der Waals surface area contributed by atoms with E-state index < -0.39 is 5.60 Å². The molecule has 4 nitrogen and oxygen atoms in total. The van der Waals surface area contributed by atoms with E-state index in [9.17, 15) is 9.90 Å². The molecule has 1 atom stereocenters. The molecular weight excluding hydrogens is 218 g/mol. The van der Waals surface area contributed by atoms with E-state index in [1.54, 1.807) is 26.8 Å². The highest BCUT2D eigenvalue weighted by Gasteiger charge is 2.26. The van der Waals surface area contributed by atoms with Crippen LogP contribution in [0.4, 0.5) is 0 Å². The molecule has 1 aromatic rings. The fraction of sp³-hybridized carbons (Fsp3) is 0.615. The number of aliphatic hydroxyl groups is 1. The molecule has 2 N–H and O–H groups in total. The van der Waals surface area contributed by atoms with Gasteiger partial charge in [-0.2, -0.15) is 0 Å². The number of carbonyl (C=O) groups is 1. The van der Waals surface area contributed by atoms with Crippen molar-refractivity contribution < 1.29 is 14.3 Å². The van der Waals surface area contributed by atoms with E-state index in [2.05, 4.69) is 5.32 Å². The number of nitrogens with one attached hydrogen (secondary N) is 1. The maximum Gasteiger partial charge on any atom is 0.254 e. The quantitative estimate of drug-likeness (QED) is 0.845. The van der Waals surface area contributed by atoms with Crippen molar-refractivity contribution in [2.24, 2.45) is 5.92 Å². The minimum Gasteiger partial charge on any atom is -0.466 e. The number of hydrogen-bond acceptors (Lipinski definition) is 3. The van der Waals surface area contributed by atoms with Crippen LogP contribution in [0.1, 0.15) is 42.6 Å². The first-order valence-corrected chi connectivity index (χ1v) is 5.81. The maximum atomic E-state index is 11.9. The van der Waals surface area contributed by atoms with E-state index in [0.29, 0.717) is 17.1 Å². The zero-order valence-corrected chi connectivity index (χ0v) is 11.1. The van der Waals surface area contributed by atoms with Crippen LogP contribution >= 0.6 is 0 Å². The van der Waals surface area contributed by atoms with Crippen LogP contribution in [0.15, 0.2) is 10.5 Å². The van der Waals surface area contributed by atoms with Crippen LogP contribution in [-0.2, 0) is 0 Å². The molecule has 1 unspecified atom stereocenters. The van der Waals surface area contributed by atoms with E-state index in [4.69, 9.17) is 4.42 Å². The summed E-state index contributed by atoms with van der Waals surface area (Å²) in [6.45, 7) is 9.33. The fourth-order valence-corrected chi connectivity index (χ4v) is 1.41. The van der Waals surface area contributed by atoms with Gasteiger partial charge in [-0.1, -0.05) is 13.8 Å². The second-order valence-corrected chi connectivity index (χ2v) is 5.02. The Bertz CT molecular complexity index is 405. The van der Waals surface area contributed by atoms with Crippen molar-refractivity contribution >= 4 is 5.91 Å². The van der Waals surface area contributed by atoms with Crippen LogP contribution in [0.5, 0.6) is 0 Å². The molecule has 0 spiro atoms. The van der Waals surface area contributed by atoms with Crippen molar-refractivity contribution in [3.63, 3.8) is 0 Å². The Hall–Kier alpha value is -1.29. The van der Waals surface area contributed by atoms with E-state index in [1.807, 2.05) is 13.8 Å². The van der Waals surface area contributed by atoms with Gasteiger partial charge in [-0.15, -0.1) is 0 Å². The Morgan fingerprint density at radius 3 is 2.53 bits per heavy atom. The lowest BCUT2D eigenvalue weighted by molar-refractivity contribution is 0.0142.